The fraction of sp³-hybridized carbons (Fsp3) is 0.692. The molecule has 1 fully saturated rings. The van der Waals surface area contributed by atoms with Gasteiger partial charge in [-0.15, -0.1) is 0 Å². The number of nitrogens with zero attached hydrogens (tertiary/aromatic N) is 5. The van der Waals surface area contributed by atoms with Gasteiger partial charge in [0.15, 0.2) is 0 Å². The monoisotopic (exact) mass is 247 g/mol. The Kier molecular flexibility index (Phi) is 3.69. The molecule has 1 aromatic rings. The van der Waals surface area contributed by atoms with E-state index in [4.69, 9.17) is 0 Å². The van der Waals surface area contributed by atoms with Crippen molar-refractivity contribution in [1.82, 2.24) is 19.4 Å². The molecule has 0 aliphatic carbocycles. The van der Waals surface area contributed by atoms with Gasteiger partial charge in [-0.25, -0.2) is 4.98 Å². The minimum absolute atomic E-state index is 0.176. The molecule has 98 valence electrons. The summed E-state index contributed by atoms with van der Waals surface area (Å²) in [5.41, 5.74) is 2.01. The summed E-state index contributed by atoms with van der Waals surface area (Å²) in [5, 5.41) is 9.51. The standard InChI is InChI=1S/C13H21N5/c1-10-13(17(4)11(2)15-10)12(9-14)18-7-5-16(3)6-8-18/h12H,5-8H2,1-4H3. The third kappa shape index (κ3) is 2.26. The van der Waals surface area contributed by atoms with E-state index in [1.54, 1.807) is 0 Å². The number of nitriles is 1. The third-order valence-corrected chi connectivity index (χ3v) is 3.83. The van der Waals surface area contributed by atoms with Crippen LogP contribution in [0.4, 0.5) is 0 Å². The number of hydrogen-bond acceptors (Lipinski definition) is 4. The van der Waals surface area contributed by atoms with E-state index in [1.807, 2.05) is 25.5 Å². The Hall–Kier alpha value is -1.38. The number of likely N-dealkylation sites (N-methyl/N-ethyl adjacent to an activating group) is 1. The molecule has 5 nitrogen and oxygen atoms in total. The summed E-state index contributed by atoms with van der Waals surface area (Å²) in [7, 11) is 4.11. The molecule has 1 unspecified atom stereocenters. The molecule has 2 heterocycles. The highest BCUT2D eigenvalue weighted by molar-refractivity contribution is 5.24. The summed E-state index contributed by atoms with van der Waals surface area (Å²) < 4.78 is 2.04. The zero-order valence-electron chi connectivity index (χ0n) is 11.6. The quantitative estimate of drug-likeness (QED) is 0.777. The Morgan fingerprint density at radius 1 is 1.17 bits per heavy atom. The maximum Gasteiger partial charge on any atom is 0.140 e. The van der Waals surface area contributed by atoms with E-state index in [2.05, 4.69) is 27.9 Å². The Morgan fingerprint density at radius 2 is 1.78 bits per heavy atom. The molecule has 0 aromatic carbocycles. The highest BCUT2D eigenvalue weighted by Crippen LogP contribution is 2.24. The molecular weight excluding hydrogens is 226 g/mol. The van der Waals surface area contributed by atoms with Crippen LogP contribution in [0.25, 0.3) is 0 Å². The molecule has 1 saturated heterocycles. The molecule has 1 aromatic heterocycles. The van der Waals surface area contributed by atoms with Crippen molar-refractivity contribution in [3.63, 3.8) is 0 Å². The first-order valence-corrected chi connectivity index (χ1v) is 6.36. The lowest BCUT2D eigenvalue weighted by Gasteiger charge is -2.35. The highest BCUT2D eigenvalue weighted by Gasteiger charge is 2.27. The van der Waals surface area contributed by atoms with Crippen molar-refractivity contribution in [2.45, 2.75) is 19.9 Å². The van der Waals surface area contributed by atoms with Crippen molar-refractivity contribution < 1.29 is 0 Å². The van der Waals surface area contributed by atoms with E-state index in [0.29, 0.717) is 0 Å². The molecule has 5 heteroatoms. The van der Waals surface area contributed by atoms with Crippen LogP contribution in [0.3, 0.4) is 0 Å². The Balaban J connectivity index is 2.26. The zero-order valence-corrected chi connectivity index (χ0v) is 11.6. The summed E-state index contributed by atoms with van der Waals surface area (Å²) in [6.45, 7) is 7.90. The molecule has 1 atom stereocenters. The summed E-state index contributed by atoms with van der Waals surface area (Å²) in [6, 6.07) is 2.27. The summed E-state index contributed by atoms with van der Waals surface area (Å²) in [4.78, 5) is 9.02. The number of hydrogen-bond donors (Lipinski definition) is 0. The average molecular weight is 247 g/mol. The topological polar surface area (TPSA) is 48.1 Å². The zero-order chi connectivity index (χ0) is 13.3. The van der Waals surface area contributed by atoms with Gasteiger partial charge in [-0.3, -0.25) is 4.90 Å². The minimum atomic E-state index is -0.176. The van der Waals surface area contributed by atoms with Gasteiger partial charge in [-0.05, 0) is 20.9 Å². The number of aromatic nitrogens is 2. The first-order chi connectivity index (χ1) is 8.54. The molecule has 0 N–H and O–H groups in total. The van der Waals surface area contributed by atoms with E-state index < -0.39 is 0 Å². The normalized spacial score (nSPS) is 19.7. The number of rotatable bonds is 2. The molecule has 1 aliphatic rings. The van der Waals surface area contributed by atoms with Crippen LogP contribution in [0.5, 0.6) is 0 Å². The van der Waals surface area contributed by atoms with E-state index in [-0.39, 0.29) is 6.04 Å². The molecule has 0 radical (unpaired) electrons. The van der Waals surface area contributed by atoms with Gasteiger partial charge in [0, 0.05) is 33.2 Å². The maximum atomic E-state index is 9.51. The molecule has 0 amide bonds. The van der Waals surface area contributed by atoms with Crippen LogP contribution >= 0.6 is 0 Å². The van der Waals surface area contributed by atoms with E-state index in [1.165, 1.54) is 0 Å². The van der Waals surface area contributed by atoms with Crippen LogP contribution in [0.2, 0.25) is 0 Å². The number of imidazole rings is 1. The molecule has 1 aliphatic heterocycles. The van der Waals surface area contributed by atoms with Crippen molar-refractivity contribution in [2.24, 2.45) is 7.05 Å². The fourth-order valence-corrected chi connectivity index (χ4v) is 2.57. The number of aryl methyl sites for hydroxylation is 2. The highest BCUT2D eigenvalue weighted by atomic mass is 15.3. The Labute approximate surface area is 109 Å². The van der Waals surface area contributed by atoms with Crippen LogP contribution in [-0.2, 0) is 7.05 Å². The average Bonchev–Trinajstić information content (AvgIpc) is 2.59. The van der Waals surface area contributed by atoms with Crippen molar-refractivity contribution in [3.8, 4) is 6.07 Å². The van der Waals surface area contributed by atoms with Gasteiger partial charge < -0.3 is 9.47 Å². The summed E-state index contributed by atoms with van der Waals surface area (Å²) in [6.07, 6.45) is 0. The van der Waals surface area contributed by atoms with Gasteiger partial charge in [0.1, 0.15) is 11.9 Å². The van der Waals surface area contributed by atoms with Crippen LogP contribution in [0, 0.1) is 25.2 Å². The summed E-state index contributed by atoms with van der Waals surface area (Å²) >= 11 is 0. The van der Waals surface area contributed by atoms with Gasteiger partial charge in [0.05, 0.1) is 17.5 Å². The molecular formula is C13H21N5. The largest absolute Gasteiger partial charge is 0.333 e. The van der Waals surface area contributed by atoms with E-state index >= 15 is 0 Å². The van der Waals surface area contributed by atoms with Crippen molar-refractivity contribution >= 4 is 0 Å². The van der Waals surface area contributed by atoms with Gasteiger partial charge in [0.25, 0.3) is 0 Å². The van der Waals surface area contributed by atoms with Gasteiger partial charge in [0.2, 0.25) is 0 Å². The SMILES string of the molecule is Cc1nc(C)n(C)c1C(C#N)N1CCN(C)CC1. The lowest BCUT2D eigenvalue weighted by atomic mass is 10.1. The van der Waals surface area contributed by atoms with Gasteiger partial charge in [-0.2, -0.15) is 5.26 Å². The second-order valence-corrected chi connectivity index (χ2v) is 5.06. The molecule has 2 rings (SSSR count). The van der Waals surface area contributed by atoms with Crippen LogP contribution in [-0.4, -0.2) is 52.6 Å². The molecule has 0 bridgehead atoms. The van der Waals surface area contributed by atoms with Crippen LogP contribution in [0.15, 0.2) is 0 Å². The molecule has 0 saturated carbocycles. The fourth-order valence-electron chi connectivity index (χ4n) is 2.57. The lowest BCUT2D eigenvalue weighted by Crippen LogP contribution is -2.46. The minimum Gasteiger partial charge on any atom is -0.333 e. The second kappa shape index (κ2) is 5.09. The third-order valence-electron chi connectivity index (χ3n) is 3.83. The maximum absolute atomic E-state index is 9.51. The smallest absolute Gasteiger partial charge is 0.140 e. The lowest BCUT2D eigenvalue weighted by molar-refractivity contribution is 0.130. The van der Waals surface area contributed by atoms with Crippen molar-refractivity contribution in [1.29, 1.82) is 5.26 Å². The first kappa shape index (κ1) is 13.1. The Bertz CT molecular complexity index is 462. The summed E-state index contributed by atoms with van der Waals surface area (Å²) in [5.74, 6) is 0.969. The first-order valence-electron chi connectivity index (χ1n) is 6.36. The molecule has 18 heavy (non-hydrogen) atoms. The van der Waals surface area contributed by atoms with E-state index in [9.17, 15) is 5.26 Å². The van der Waals surface area contributed by atoms with Crippen molar-refractivity contribution in [3.05, 3.63) is 17.2 Å². The predicted octanol–water partition coefficient (Wildman–Crippen LogP) is 0.849. The molecule has 0 spiro atoms. The van der Waals surface area contributed by atoms with E-state index in [0.717, 1.165) is 43.4 Å². The van der Waals surface area contributed by atoms with Crippen molar-refractivity contribution in [2.75, 3.05) is 33.2 Å². The van der Waals surface area contributed by atoms with Gasteiger partial charge >= 0.3 is 0 Å². The van der Waals surface area contributed by atoms with Gasteiger partial charge in [-0.1, -0.05) is 0 Å². The number of piperazine rings is 1. The Morgan fingerprint density at radius 3 is 2.22 bits per heavy atom. The van der Waals surface area contributed by atoms with Crippen LogP contribution < -0.4 is 0 Å². The second-order valence-electron chi connectivity index (χ2n) is 5.06. The predicted molar refractivity (Wildman–Crippen MR) is 70.1 cm³/mol. The van der Waals surface area contributed by atoms with Crippen LogP contribution in [0.1, 0.15) is 23.3 Å².